The fourth-order valence-corrected chi connectivity index (χ4v) is 2.90. The van der Waals surface area contributed by atoms with Gasteiger partial charge in [-0.15, -0.1) is 0 Å². The number of thiocarbonyl (C=S) groups is 1. The highest BCUT2D eigenvalue weighted by Crippen LogP contribution is 2.20. The van der Waals surface area contributed by atoms with Gasteiger partial charge in [-0.2, -0.15) is 5.10 Å². The Morgan fingerprint density at radius 1 is 1.22 bits per heavy atom. The molecule has 2 N–H and O–H groups in total. The van der Waals surface area contributed by atoms with Crippen LogP contribution in [0.2, 0.25) is 5.02 Å². The van der Waals surface area contributed by atoms with Crippen molar-refractivity contribution in [3.8, 4) is 0 Å². The molecule has 27 heavy (non-hydrogen) atoms. The van der Waals surface area contributed by atoms with E-state index in [1.165, 1.54) is 13.0 Å². The van der Waals surface area contributed by atoms with Gasteiger partial charge in [0.1, 0.15) is 5.82 Å². The largest absolute Gasteiger partial charge is 0.332 e. The number of nitrogens with one attached hydrogen (secondary N) is 2. The van der Waals surface area contributed by atoms with Crippen LogP contribution in [0.25, 0.3) is 0 Å². The van der Waals surface area contributed by atoms with Crippen LogP contribution >= 0.6 is 23.8 Å². The number of carbonyl (C=O) groups excluding carboxylic acids is 1. The molecule has 138 valence electrons. The first-order valence-corrected chi connectivity index (χ1v) is 8.86. The minimum Gasteiger partial charge on any atom is -0.332 e. The van der Waals surface area contributed by atoms with E-state index in [0.29, 0.717) is 32.8 Å². The number of Topliss-reactive ketones (excluding diaryl/α,β-unsaturated/α-hetero) is 1. The zero-order valence-corrected chi connectivity index (χ0v) is 15.9. The van der Waals surface area contributed by atoms with E-state index in [1.54, 1.807) is 53.3 Å². The van der Waals surface area contributed by atoms with Crippen LogP contribution in [-0.2, 0) is 6.54 Å². The molecule has 0 aliphatic rings. The summed E-state index contributed by atoms with van der Waals surface area (Å²) in [6.45, 7) is 1.71. The van der Waals surface area contributed by atoms with Gasteiger partial charge < -0.3 is 10.6 Å². The Bertz CT molecular complexity index is 985. The van der Waals surface area contributed by atoms with Crippen LogP contribution in [0.1, 0.15) is 22.8 Å². The Labute approximate surface area is 166 Å². The van der Waals surface area contributed by atoms with Crippen molar-refractivity contribution >= 4 is 46.2 Å². The summed E-state index contributed by atoms with van der Waals surface area (Å²) in [7, 11) is 0. The SMILES string of the molecule is CC(=O)c1cccc(NC(=S)Nc2ccn(Cc3c(F)cccc3Cl)n2)c1. The summed E-state index contributed by atoms with van der Waals surface area (Å²) in [4.78, 5) is 11.4. The average Bonchev–Trinajstić information content (AvgIpc) is 3.05. The van der Waals surface area contributed by atoms with Gasteiger partial charge in [-0.1, -0.05) is 29.8 Å². The maximum absolute atomic E-state index is 13.9. The number of carbonyl (C=O) groups is 1. The predicted octanol–water partition coefficient (Wildman–Crippen LogP) is 4.74. The highest BCUT2D eigenvalue weighted by atomic mass is 35.5. The molecule has 3 rings (SSSR count). The first kappa shape index (κ1) is 19.0. The van der Waals surface area contributed by atoms with E-state index in [1.807, 2.05) is 0 Å². The molecular formula is C19H16ClFN4OS. The molecule has 0 bridgehead atoms. The van der Waals surface area contributed by atoms with E-state index in [2.05, 4.69) is 15.7 Å². The van der Waals surface area contributed by atoms with Gasteiger partial charge in [-0.05, 0) is 43.4 Å². The Balaban J connectivity index is 1.64. The maximum Gasteiger partial charge on any atom is 0.176 e. The summed E-state index contributed by atoms with van der Waals surface area (Å²) >= 11 is 11.3. The van der Waals surface area contributed by atoms with Gasteiger partial charge >= 0.3 is 0 Å². The molecule has 5 nitrogen and oxygen atoms in total. The molecular weight excluding hydrogens is 387 g/mol. The van der Waals surface area contributed by atoms with Crippen LogP contribution in [0.3, 0.4) is 0 Å². The van der Waals surface area contributed by atoms with Gasteiger partial charge in [0, 0.05) is 34.1 Å². The number of ketones is 1. The molecule has 1 aromatic heterocycles. The highest BCUT2D eigenvalue weighted by molar-refractivity contribution is 7.80. The second-order valence-electron chi connectivity index (χ2n) is 5.81. The molecule has 0 amide bonds. The van der Waals surface area contributed by atoms with E-state index in [9.17, 15) is 9.18 Å². The van der Waals surface area contributed by atoms with Crippen molar-refractivity contribution < 1.29 is 9.18 Å². The van der Waals surface area contributed by atoms with Crippen LogP contribution in [0.4, 0.5) is 15.9 Å². The van der Waals surface area contributed by atoms with Crippen LogP contribution in [0.15, 0.2) is 54.7 Å². The van der Waals surface area contributed by atoms with Gasteiger partial charge in [-0.25, -0.2) is 4.39 Å². The molecule has 0 saturated carbocycles. The smallest absolute Gasteiger partial charge is 0.176 e. The van der Waals surface area contributed by atoms with Crippen molar-refractivity contribution in [3.63, 3.8) is 0 Å². The Morgan fingerprint density at radius 3 is 2.74 bits per heavy atom. The van der Waals surface area contributed by atoms with E-state index < -0.39 is 0 Å². The lowest BCUT2D eigenvalue weighted by Gasteiger charge is -2.09. The van der Waals surface area contributed by atoms with Gasteiger partial charge in [-0.3, -0.25) is 9.48 Å². The molecule has 2 aromatic carbocycles. The molecule has 0 spiro atoms. The van der Waals surface area contributed by atoms with E-state index in [0.717, 1.165) is 0 Å². The van der Waals surface area contributed by atoms with Crippen LogP contribution in [-0.4, -0.2) is 20.7 Å². The zero-order valence-electron chi connectivity index (χ0n) is 14.4. The lowest BCUT2D eigenvalue weighted by atomic mass is 10.1. The number of nitrogens with zero attached hydrogens (tertiary/aromatic N) is 2. The standard InChI is InChI=1S/C19H16ClFN4OS/c1-12(26)13-4-2-5-14(10-13)22-19(27)23-18-8-9-25(24-18)11-15-16(20)6-3-7-17(15)21/h2-10H,11H2,1H3,(H2,22,23,24,27). The minimum atomic E-state index is -0.380. The van der Waals surface area contributed by atoms with Crippen molar-refractivity contribution in [2.24, 2.45) is 0 Å². The third-order valence-electron chi connectivity index (χ3n) is 3.79. The van der Waals surface area contributed by atoms with Gasteiger partial charge in [0.05, 0.1) is 6.54 Å². The molecule has 0 aliphatic heterocycles. The normalized spacial score (nSPS) is 10.5. The summed E-state index contributed by atoms with van der Waals surface area (Å²) < 4.78 is 15.4. The maximum atomic E-state index is 13.9. The average molecular weight is 403 g/mol. The quantitative estimate of drug-likeness (QED) is 0.477. The van der Waals surface area contributed by atoms with Crippen molar-refractivity contribution in [2.45, 2.75) is 13.5 Å². The number of rotatable bonds is 5. The van der Waals surface area contributed by atoms with E-state index >= 15 is 0 Å². The predicted molar refractivity (Wildman–Crippen MR) is 109 cm³/mol. The first-order valence-electron chi connectivity index (χ1n) is 8.08. The third kappa shape index (κ3) is 4.90. The van der Waals surface area contributed by atoms with Crippen molar-refractivity contribution in [2.75, 3.05) is 10.6 Å². The van der Waals surface area contributed by atoms with Gasteiger partial charge in [0.2, 0.25) is 0 Å². The summed E-state index contributed by atoms with van der Waals surface area (Å²) in [6.07, 6.45) is 1.70. The topological polar surface area (TPSA) is 59.0 Å². The van der Waals surface area contributed by atoms with Crippen molar-refractivity contribution in [3.05, 3.63) is 76.7 Å². The number of benzene rings is 2. The number of halogens is 2. The monoisotopic (exact) mass is 402 g/mol. The minimum absolute atomic E-state index is 0.0249. The molecule has 1 heterocycles. The summed E-state index contributed by atoms with van der Waals surface area (Å²) in [5.74, 6) is 0.0980. The van der Waals surface area contributed by atoms with E-state index in [4.69, 9.17) is 23.8 Å². The molecule has 0 aliphatic carbocycles. The molecule has 0 fully saturated rings. The summed E-state index contributed by atoms with van der Waals surface area (Å²) in [6, 6.07) is 13.3. The molecule has 0 atom stereocenters. The second-order valence-corrected chi connectivity index (χ2v) is 6.63. The molecule has 0 unspecified atom stereocenters. The lowest BCUT2D eigenvalue weighted by molar-refractivity contribution is 0.101. The summed E-state index contributed by atoms with van der Waals surface area (Å²) in [5, 5.41) is 10.9. The van der Waals surface area contributed by atoms with Gasteiger partial charge in [0.15, 0.2) is 16.7 Å². The first-order chi connectivity index (χ1) is 12.9. The third-order valence-corrected chi connectivity index (χ3v) is 4.35. The summed E-state index contributed by atoms with van der Waals surface area (Å²) in [5.41, 5.74) is 1.65. The molecule has 3 aromatic rings. The van der Waals surface area contributed by atoms with E-state index in [-0.39, 0.29) is 18.1 Å². The number of anilines is 2. The Hall–Kier alpha value is -2.77. The molecule has 8 heteroatoms. The lowest BCUT2D eigenvalue weighted by Crippen LogP contribution is -2.19. The fourth-order valence-electron chi connectivity index (χ4n) is 2.46. The Morgan fingerprint density at radius 2 is 2.00 bits per heavy atom. The van der Waals surface area contributed by atoms with Crippen molar-refractivity contribution in [1.82, 2.24) is 9.78 Å². The molecule has 0 saturated heterocycles. The van der Waals surface area contributed by atoms with Crippen LogP contribution in [0, 0.1) is 5.82 Å². The molecule has 0 radical (unpaired) electrons. The fraction of sp³-hybridized carbons (Fsp3) is 0.105. The Kier molecular flexibility index (Phi) is 5.83. The highest BCUT2D eigenvalue weighted by Gasteiger charge is 2.09. The van der Waals surface area contributed by atoms with Crippen LogP contribution in [0.5, 0.6) is 0 Å². The van der Waals surface area contributed by atoms with Gasteiger partial charge in [0.25, 0.3) is 0 Å². The number of aromatic nitrogens is 2. The zero-order chi connectivity index (χ0) is 19.4. The number of hydrogen-bond donors (Lipinski definition) is 2. The number of hydrogen-bond acceptors (Lipinski definition) is 3. The van der Waals surface area contributed by atoms with Crippen molar-refractivity contribution in [1.29, 1.82) is 0 Å². The van der Waals surface area contributed by atoms with Crippen LogP contribution < -0.4 is 10.6 Å². The second kappa shape index (κ2) is 8.28.